The van der Waals surface area contributed by atoms with Crippen molar-refractivity contribution in [2.24, 2.45) is 0 Å². The van der Waals surface area contributed by atoms with Crippen molar-refractivity contribution in [3.8, 4) is 11.1 Å². The van der Waals surface area contributed by atoms with E-state index in [1.54, 1.807) is 6.07 Å². The van der Waals surface area contributed by atoms with Crippen LogP contribution in [0.15, 0.2) is 79.0 Å². The standard InChI is InChI=1S/C28H31FN2O.ClH/c1-28(2,3)21-14-12-19(13-15-21)24-18-31(25-11-6-5-10-23(24)25)27(26(32)17-30-4)20-8-7-9-22(29)16-20;/h5-16,18,26-27,30,32H,17H2,1-4H3;1H/t26-,27+;/m1./s1. The SMILES string of the molecule is CNC[C@@H](O)[C@H](c1cccc(F)c1)n1cc(-c2ccc(C(C)(C)C)cc2)c2ccccc21.Cl. The third kappa shape index (κ3) is 5.14. The molecule has 1 heterocycles. The maximum Gasteiger partial charge on any atom is 0.123 e. The minimum Gasteiger partial charge on any atom is -0.389 e. The van der Waals surface area contributed by atoms with Crippen molar-refractivity contribution in [3.05, 3.63) is 95.9 Å². The number of hydrogen-bond donors (Lipinski definition) is 2. The van der Waals surface area contributed by atoms with E-state index in [0.717, 1.165) is 27.6 Å². The lowest BCUT2D eigenvalue weighted by molar-refractivity contribution is 0.132. The first-order valence-electron chi connectivity index (χ1n) is 11.1. The van der Waals surface area contributed by atoms with E-state index in [9.17, 15) is 9.50 Å². The first kappa shape index (κ1) is 25.0. The fraction of sp³-hybridized carbons (Fsp3) is 0.286. The second-order valence-corrected chi connectivity index (χ2v) is 9.42. The highest BCUT2D eigenvalue weighted by atomic mass is 35.5. The highest BCUT2D eigenvalue weighted by molar-refractivity contribution is 5.96. The number of aromatic nitrogens is 1. The van der Waals surface area contributed by atoms with E-state index in [0.29, 0.717) is 6.54 Å². The Morgan fingerprint density at radius 2 is 1.67 bits per heavy atom. The molecule has 4 rings (SSSR count). The van der Waals surface area contributed by atoms with Crippen LogP contribution in [0.5, 0.6) is 0 Å². The van der Waals surface area contributed by atoms with E-state index in [1.165, 1.54) is 17.7 Å². The Kier molecular flexibility index (Phi) is 7.63. The second kappa shape index (κ2) is 10.1. The zero-order valence-corrected chi connectivity index (χ0v) is 20.4. The van der Waals surface area contributed by atoms with Crippen molar-refractivity contribution >= 4 is 23.3 Å². The van der Waals surface area contributed by atoms with Gasteiger partial charge in [-0.05, 0) is 47.4 Å². The van der Waals surface area contributed by atoms with Gasteiger partial charge in [-0.25, -0.2) is 4.39 Å². The van der Waals surface area contributed by atoms with Gasteiger partial charge in [-0.2, -0.15) is 0 Å². The molecule has 3 nitrogen and oxygen atoms in total. The molecule has 2 atom stereocenters. The molecule has 0 amide bonds. The number of para-hydroxylation sites is 1. The molecular weight excluding hydrogens is 435 g/mol. The molecule has 0 bridgehead atoms. The number of rotatable bonds is 6. The summed E-state index contributed by atoms with van der Waals surface area (Å²) in [5.74, 6) is -0.307. The number of hydrogen-bond acceptors (Lipinski definition) is 2. The Balaban J connectivity index is 0.00000306. The number of halogens is 2. The zero-order chi connectivity index (χ0) is 22.9. The number of likely N-dealkylation sites (N-methyl/N-ethyl adjacent to an activating group) is 1. The molecule has 4 aromatic rings. The molecule has 0 unspecified atom stereocenters. The van der Waals surface area contributed by atoms with Crippen LogP contribution < -0.4 is 5.32 Å². The smallest absolute Gasteiger partial charge is 0.123 e. The predicted molar refractivity (Wildman–Crippen MR) is 138 cm³/mol. The minimum atomic E-state index is -0.728. The number of nitrogens with one attached hydrogen (secondary N) is 1. The molecule has 0 aliphatic heterocycles. The van der Waals surface area contributed by atoms with Gasteiger partial charge in [0.1, 0.15) is 5.82 Å². The Labute approximate surface area is 201 Å². The maximum absolute atomic E-state index is 14.1. The van der Waals surface area contributed by atoms with E-state index < -0.39 is 12.1 Å². The zero-order valence-electron chi connectivity index (χ0n) is 19.5. The van der Waals surface area contributed by atoms with Crippen molar-refractivity contribution < 1.29 is 9.50 Å². The summed E-state index contributed by atoms with van der Waals surface area (Å²) >= 11 is 0. The third-order valence-corrected chi connectivity index (χ3v) is 6.07. The van der Waals surface area contributed by atoms with Crippen LogP contribution in [0.1, 0.15) is 37.9 Å². The summed E-state index contributed by atoms with van der Waals surface area (Å²) in [4.78, 5) is 0. The molecule has 0 fully saturated rings. The second-order valence-electron chi connectivity index (χ2n) is 9.42. The minimum absolute atomic E-state index is 0. The average Bonchev–Trinajstić information content (AvgIpc) is 3.13. The van der Waals surface area contributed by atoms with Crippen LogP contribution in [0.25, 0.3) is 22.0 Å². The quantitative estimate of drug-likeness (QED) is 0.348. The van der Waals surface area contributed by atoms with Crippen LogP contribution >= 0.6 is 12.4 Å². The molecule has 2 N–H and O–H groups in total. The van der Waals surface area contributed by atoms with Gasteiger partial charge >= 0.3 is 0 Å². The summed E-state index contributed by atoms with van der Waals surface area (Å²) in [5, 5.41) is 15.2. The molecule has 0 radical (unpaired) electrons. The van der Waals surface area contributed by atoms with Crippen molar-refractivity contribution in [2.75, 3.05) is 13.6 Å². The van der Waals surface area contributed by atoms with Crippen molar-refractivity contribution in [2.45, 2.75) is 38.3 Å². The Bertz CT molecular complexity index is 1210. The monoisotopic (exact) mass is 466 g/mol. The number of aliphatic hydroxyl groups is 1. The molecule has 0 spiro atoms. The van der Waals surface area contributed by atoms with Gasteiger partial charge in [-0.15, -0.1) is 12.4 Å². The highest BCUT2D eigenvalue weighted by Crippen LogP contribution is 2.36. The van der Waals surface area contributed by atoms with E-state index in [4.69, 9.17) is 0 Å². The molecule has 33 heavy (non-hydrogen) atoms. The largest absolute Gasteiger partial charge is 0.389 e. The van der Waals surface area contributed by atoms with Crippen LogP contribution in [0.2, 0.25) is 0 Å². The van der Waals surface area contributed by atoms with E-state index in [1.807, 2.05) is 25.2 Å². The van der Waals surface area contributed by atoms with Gasteiger partial charge in [0, 0.05) is 29.2 Å². The van der Waals surface area contributed by atoms with Gasteiger partial charge in [-0.1, -0.05) is 75.4 Å². The first-order valence-corrected chi connectivity index (χ1v) is 11.1. The lowest BCUT2D eigenvalue weighted by Gasteiger charge is -2.26. The van der Waals surface area contributed by atoms with Gasteiger partial charge in [0.2, 0.25) is 0 Å². The van der Waals surface area contributed by atoms with Crippen LogP contribution in [-0.4, -0.2) is 29.4 Å². The van der Waals surface area contributed by atoms with E-state index in [-0.39, 0.29) is 23.6 Å². The lowest BCUT2D eigenvalue weighted by atomic mass is 9.86. The molecule has 5 heteroatoms. The van der Waals surface area contributed by atoms with Crippen molar-refractivity contribution in [1.82, 2.24) is 9.88 Å². The van der Waals surface area contributed by atoms with Crippen molar-refractivity contribution in [3.63, 3.8) is 0 Å². The van der Waals surface area contributed by atoms with Gasteiger partial charge in [0.15, 0.2) is 0 Å². The van der Waals surface area contributed by atoms with Crippen LogP contribution in [-0.2, 0) is 5.41 Å². The van der Waals surface area contributed by atoms with Gasteiger partial charge < -0.3 is 15.0 Å². The van der Waals surface area contributed by atoms with Gasteiger partial charge in [0.05, 0.1) is 12.1 Å². The molecule has 0 aliphatic rings. The normalized spacial score (nSPS) is 13.5. The lowest BCUT2D eigenvalue weighted by Crippen LogP contribution is -2.33. The van der Waals surface area contributed by atoms with Crippen LogP contribution in [0.3, 0.4) is 0 Å². The molecule has 0 saturated carbocycles. The maximum atomic E-state index is 14.1. The summed E-state index contributed by atoms with van der Waals surface area (Å²) in [6.45, 7) is 7.02. The third-order valence-electron chi connectivity index (χ3n) is 6.07. The number of benzene rings is 3. The fourth-order valence-corrected chi connectivity index (χ4v) is 4.39. The van der Waals surface area contributed by atoms with Crippen LogP contribution in [0, 0.1) is 5.82 Å². The van der Waals surface area contributed by atoms with E-state index in [2.05, 4.69) is 73.3 Å². The predicted octanol–water partition coefficient (Wildman–Crippen LogP) is 6.34. The number of aliphatic hydroxyl groups excluding tert-OH is 1. The summed E-state index contributed by atoms with van der Waals surface area (Å²) in [7, 11) is 1.81. The molecule has 1 aromatic heterocycles. The van der Waals surface area contributed by atoms with Crippen LogP contribution in [0.4, 0.5) is 4.39 Å². The molecule has 3 aromatic carbocycles. The van der Waals surface area contributed by atoms with E-state index >= 15 is 0 Å². The first-order chi connectivity index (χ1) is 15.3. The summed E-state index contributed by atoms with van der Waals surface area (Å²) in [5.41, 5.74) is 5.34. The number of nitrogens with zero attached hydrogens (tertiary/aromatic N) is 1. The topological polar surface area (TPSA) is 37.2 Å². The summed E-state index contributed by atoms with van der Waals surface area (Å²) in [6, 6.07) is 23.0. The number of fused-ring (bicyclic) bond motifs is 1. The van der Waals surface area contributed by atoms with Gasteiger partial charge in [-0.3, -0.25) is 0 Å². The molecule has 0 saturated heterocycles. The van der Waals surface area contributed by atoms with Crippen molar-refractivity contribution in [1.29, 1.82) is 0 Å². The highest BCUT2D eigenvalue weighted by Gasteiger charge is 2.26. The molecule has 0 aliphatic carbocycles. The summed E-state index contributed by atoms with van der Waals surface area (Å²) < 4.78 is 16.2. The fourth-order valence-electron chi connectivity index (χ4n) is 4.39. The molecule has 174 valence electrons. The van der Waals surface area contributed by atoms with Gasteiger partial charge in [0.25, 0.3) is 0 Å². The molecular formula is C28H32ClFN2O. The Hall–Kier alpha value is -2.66. The average molecular weight is 467 g/mol. The summed E-state index contributed by atoms with van der Waals surface area (Å²) in [6.07, 6.45) is 1.36. The Morgan fingerprint density at radius 3 is 2.30 bits per heavy atom. The Morgan fingerprint density at radius 1 is 0.970 bits per heavy atom.